The van der Waals surface area contributed by atoms with Gasteiger partial charge in [-0.25, -0.2) is 4.39 Å². The molecule has 0 aliphatic carbocycles. The third-order valence-corrected chi connectivity index (χ3v) is 4.70. The molecule has 0 radical (unpaired) electrons. The summed E-state index contributed by atoms with van der Waals surface area (Å²) in [6.45, 7) is 4.24. The number of amides is 1. The minimum Gasteiger partial charge on any atom is -0.489 e. The van der Waals surface area contributed by atoms with E-state index in [2.05, 4.69) is 4.90 Å². The van der Waals surface area contributed by atoms with Gasteiger partial charge in [0.25, 0.3) is 5.91 Å². The van der Waals surface area contributed by atoms with Crippen molar-refractivity contribution in [2.24, 2.45) is 0 Å². The first kappa shape index (κ1) is 18.4. The first-order valence-corrected chi connectivity index (χ1v) is 9.07. The van der Waals surface area contributed by atoms with E-state index >= 15 is 0 Å². The lowest BCUT2D eigenvalue weighted by Gasteiger charge is -2.21. The van der Waals surface area contributed by atoms with Crippen molar-refractivity contribution in [3.63, 3.8) is 0 Å². The molecule has 1 aliphatic rings. The average molecular weight is 356 g/mol. The molecule has 3 rings (SSSR count). The van der Waals surface area contributed by atoms with Crippen LogP contribution in [0.5, 0.6) is 5.75 Å². The van der Waals surface area contributed by atoms with Gasteiger partial charge in [0.15, 0.2) is 0 Å². The second kappa shape index (κ2) is 8.81. The third-order valence-electron chi connectivity index (χ3n) is 4.70. The number of ether oxygens (including phenoxy) is 1. The Morgan fingerprint density at radius 3 is 2.62 bits per heavy atom. The average Bonchev–Trinajstić information content (AvgIpc) is 3.19. The lowest BCUT2D eigenvalue weighted by atomic mass is 10.2. The number of carbonyl (C=O) groups is 1. The Balaban J connectivity index is 1.55. The van der Waals surface area contributed by atoms with E-state index in [1.54, 1.807) is 29.2 Å². The van der Waals surface area contributed by atoms with Crippen LogP contribution in [0.15, 0.2) is 48.5 Å². The zero-order chi connectivity index (χ0) is 18.4. The maximum Gasteiger partial charge on any atom is 0.253 e. The van der Waals surface area contributed by atoms with Crippen LogP contribution in [-0.2, 0) is 6.61 Å². The summed E-state index contributed by atoms with van der Waals surface area (Å²) >= 11 is 0. The van der Waals surface area contributed by atoms with Gasteiger partial charge in [0, 0.05) is 25.7 Å². The molecule has 2 aromatic rings. The largest absolute Gasteiger partial charge is 0.489 e. The summed E-state index contributed by atoms with van der Waals surface area (Å²) in [6.07, 6.45) is 2.51. The zero-order valence-corrected chi connectivity index (χ0v) is 15.2. The van der Waals surface area contributed by atoms with Crippen LogP contribution in [0.4, 0.5) is 4.39 Å². The Hall–Kier alpha value is -2.40. The first-order valence-electron chi connectivity index (χ1n) is 9.07. The summed E-state index contributed by atoms with van der Waals surface area (Å²) in [6, 6.07) is 13.4. The molecule has 2 aromatic carbocycles. The van der Waals surface area contributed by atoms with Gasteiger partial charge >= 0.3 is 0 Å². The smallest absolute Gasteiger partial charge is 0.253 e. The summed E-state index contributed by atoms with van der Waals surface area (Å²) < 4.78 is 18.7. The highest BCUT2D eigenvalue weighted by Crippen LogP contribution is 2.17. The lowest BCUT2D eigenvalue weighted by molar-refractivity contribution is 0.0782. The van der Waals surface area contributed by atoms with Gasteiger partial charge in [-0.3, -0.25) is 4.79 Å². The van der Waals surface area contributed by atoms with Gasteiger partial charge in [0.1, 0.15) is 18.2 Å². The Labute approximate surface area is 154 Å². The Kier molecular flexibility index (Phi) is 6.23. The van der Waals surface area contributed by atoms with Crippen LogP contribution < -0.4 is 4.74 Å². The van der Waals surface area contributed by atoms with Gasteiger partial charge in [-0.2, -0.15) is 0 Å². The zero-order valence-electron chi connectivity index (χ0n) is 15.2. The Morgan fingerprint density at radius 1 is 1.15 bits per heavy atom. The summed E-state index contributed by atoms with van der Waals surface area (Å²) in [4.78, 5) is 16.8. The number of rotatable bonds is 7. The Bertz CT molecular complexity index is 727. The van der Waals surface area contributed by atoms with Crippen molar-refractivity contribution in [2.45, 2.75) is 19.4 Å². The van der Waals surface area contributed by atoms with Crippen LogP contribution in [0.3, 0.4) is 0 Å². The standard InChI is InChI=1S/C21H25FN2O2/c1-23(13-14-24-11-2-3-12-24)21(25)18-5-4-6-20(15-18)26-16-17-7-9-19(22)10-8-17/h4-10,15H,2-3,11-14,16H2,1H3. The van der Waals surface area contributed by atoms with Gasteiger partial charge in [-0.1, -0.05) is 18.2 Å². The molecule has 138 valence electrons. The van der Waals surface area contributed by atoms with Gasteiger partial charge in [0.05, 0.1) is 0 Å². The fraction of sp³-hybridized carbons (Fsp3) is 0.381. The molecule has 1 aliphatic heterocycles. The normalized spacial score (nSPS) is 14.4. The van der Waals surface area contributed by atoms with Crippen molar-refractivity contribution >= 4 is 5.91 Å². The molecule has 1 amide bonds. The van der Waals surface area contributed by atoms with E-state index in [9.17, 15) is 9.18 Å². The molecule has 0 unspecified atom stereocenters. The van der Waals surface area contributed by atoms with E-state index in [0.717, 1.165) is 31.7 Å². The van der Waals surface area contributed by atoms with Crippen LogP contribution in [0.2, 0.25) is 0 Å². The molecule has 26 heavy (non-hydrogen) atoms. The summed E-state index contributed by atoms with van der Waals surface area (Å²) in [7, 11) is 1.84. The fourth-order valence-corrected chi connectivity index (χ4v) is 3.09. The summed E-state index contributed by atoms with van der Waals surface area (Å²) in [5.74, 6) is 0.364. The molecule has 4 nitrogen and oxygen atoms in total. The molecule has 0 atom stereocenters. The van der Waals surface area contributed by atoms with Crippen LogP contribution in [0, 0.1) is 5.82 Å². The van der Waals surface area contributed by atoms with E-state index in [-0.39, 0.29) is 11.7 Å². The topological polar surface area (TPSA) is 32.8 Å². The van der Waals surface area contributed by atoms with Crippen molar-refractivity contribution in [3.05, 3.63) is 65.5 Å². The van der Waals surface area contributed by atoms with E-state index < -0.39 is 0 Å². The number of likely N-dealkylation sites (N-methyl/N-ethyl adjacent to an activating group) is 1. The molecule has 0 N–H and O–H groups in total. The molecule has 1 saturated heterocycles. The Morgan fingerprint density at radius 2 is 1.88 bits per heavy atom. The number of nitrogens with zero attached hydrogens (tertiary/aromatic N) is 2. The second-order valence-electron chi connectivity index (χ2n) is 6.72. The number of benzene rings is 2. The molecular formula is C21H25FN2O2. The van der Waals surface area contributed by atoms with Crippen molar-refractivity contribution in [1.82, 2.24) is 9.80 Å². The lowest BCUT2D eigenvalue weighted by Crippen LogP contribution is -2.35. The minimum absolute atomic E-state index is 0.00331. The number of hydrogen-bond acceptors (Lipinski definition) is 3. The summed E-state index contributed by atoms with van der Waals surface area (Å²) in [5, 5.41) is 0. The van der Waals surface area contributed by atoms with Crippen molar-refractivity contribution < 1.29 is 13.9 Å². The van der Waals surface area contributed by atoms with Gasteiger partial charge < -0.3 is 14.5 Å². The molecule has 1 fully saturated rings. The molecular weight excluding hydrogens is 331 g/mol. The molecule has 0 saturated carbocycles. The minimum atomic E-state index is -0.265. The van der Waals surface area contributed by atoms with Crippen LogP contribution in [0.1, 0.15) is 28.8 Å². The maximum atomic E-state index is 12.9. The highest BCUT2D eigenvalue weighted by molar-refractivity contribution is 5.94. The molecule has 0 bridgehead atoms. The molecule has 5 heteroatoms. The maximum absolute atomic E-state index is 12.9. The van der Waals surface area contributed by atoms with E-state index in [1.807, 2.05) is 19.2 Å². The fourth-order valence-electron chi connectivity index (χ4n) is 3.09. The molecule has 1 heterocycles. The predicted molar refractivity (Wildman–Crippen MR) is 99.8 cm³/mol. The van der Waals surface area contributed by atoms with Gasteiger partial charge in [-0.05, 0) is 61.8 Å². The second-order valence-corrected chi connectivity index (χ2v) is 6.72. The third kappa shape index (κ3) is 5.05. The monoisotopic (exact) mass is 356 g/mol. The molecule has 0 spiro atoms. The summed E-state index contributed by atoms with van der Waals surface area (Å²) in [5.41, 5.74) is 1.50. The number of halogens is 1. The van der Waals surface area contributed by atoms with E-state index in [1.165, 1.54) is 25.0 Å². The number of likely N-dealkylation sites (tertiary alicyclic amines) is 1. The first-order chi connectivity index (χ1) is 12.6. The van der Waals surface area contributed by atoms with Crippen molar-refractivity contribution in [3.8, 4) is 5.75 Å². The highest BCUT2D eigenvalue weighted by atomic mass is 19.1. The van der Waals surface area contributed by atoms with Crippen LogP contribution >= 0.6 is 0 Å². The number of carbonyl (C=O) groups excluding carboxylic acids is 1. The highest BCUT2D eigenvalue weighted by Gasteiger charge is 2.16. The quantitative estimate of drug-likeness (QED) is 0.760. The van der Waals surface area contributed by atoms with E-state index in [4.69, 9.17) is 4.74 Å². The van der Waals surface area contributed by atoms with Crippen LogP contribution in [0.25, 0.3) is 0 Å². The molecule has 0 aromatic heterocycles. The van der Waals surface area contributed by atoms with Crippen molar-refractivity contribution in [2.75, 3.05) is 33.2 Å². The van der Waals surface area contributed by atoms with Gasteiger partial charge in [0.2, 0.25) is 0 Å². The number of hydrogen-bond donors (Lipinski definition) is 0. The van der Waals surface area contributed by atoms with E-state index in [0.29, 0.717) is 17.9 Å². The van der Waals surface area contributed by atoms with Crippen LogP contribution in [-0.4, -0.2) is 48.9 Å². The van der Waals surface area contributed by atoms with Gasteiger partial charge in [-0.15, -0.1) is 0 Å². The predicted octanol–water partition coefficient (Wildman–Crippen LogP) is 3.57. The van der Waals surface area contributed by atoms with Crippen molar-refractivity contribution in [1.29, 1.82) is 0 Å². The SMILES string of the molecule is CN(CCN1CCCC1)C(=O)c1cccc(OCc2ccc(F)cc2)c1.